The quantitative estimate of drug-likeness (QED) is 0.0205. The van der Waals surface area contributed by atoms with Crippen LogP contribution in [-0.4, -0.2) is 140 Å². The van der Waals surface area contributed by atoms with E-state index in [1.807, 2.05) is 0 Å². The Hall–Kier alpha value is -1.79. The lowest BCUT2D eigenvalue weighted by Gasteiger charge is -2.46. The molecular formula is C57H105NO13. The Morgan fingerprint density at radius 2 is 0.972 bits per heavy atom. The predicted octanol–water partition coefficient (Wildman–Crippen LogP) is 9.05. The molecule has 9 N–H and O–H groups in total. The molecule has 0 radical (unpaired) electrons. The summed E-state index contributed by atoms with van der Waals surface area (Å²) < 4.78 is 22.8. The van der Waals surface area contributed by atoms with E-state index in [9.17, 15) is 45.6 Å². The number of nitrogens with one attached hydrogen (secondary N) is 1. The summed E-state index contributed by atoms with van der Waals surface area (Å²) in [5.41, 5.74) is 0. The van der Waals surface area contributed by atoms with Crippen molar-refractivity contribution in [2.24, 2.45) is 0 Å². The lowest BCUT2D eigenvalue weighted by Crippen LogP contribution is -2.65. The summed E-state index contributed by atoms with van der Waals surface area (Å²) in [4.78, 5) is 13.2. The molecule has 416 valence electrons. The molecule has 71 heavy (non-hydrogen) atoms. The van der Waals surface area contributed by atoms with Gasteiger partial charge in [-0.05, 0) is 44.9 Å². The van der Waals surface area contributed by atoms with Crippen LogP contribution >= 0.6 is 0 Å². The predicted molar refractivity (Wildman–Crippen MR) is 281 cm³/mol. The van der Waals surface area contributed by atoms with Crippen LogP contribution in [0.15, 0.2) is 36.5 Å². The molecule has 1 amide bonds. The number of rotatable bonds is 45. The van der Waals surface area contributed by atoms with Crippen LogP contribution in [0, 0.1) is 0 Å². The van der Waals surface area contributed by atoms with Gasteiger partial charge in [0.1, 0.15) is 48.8 Å². The van der Waals surface area contributed by atoms with Gasteiger partial charge in [0.2, 0.25) is 5.91 Å². The van der Waals surface area contributed by atoms with Crippen LogP contribution in [0.25, 0.3) is 0 Å². The van der Waals surface area contributed by atoms with Crippen molar-refractivity contribution in [2.45, 2.75) is 299 Å². The van der Waals surface area contributed by atoms with E-state index in [0.717, 1.165) is 77.0 Å². The number of hydrogen-bond acceptors (Lipinski definition) is 13. The molecule has 14 heteroatoms. The highest BCUT2D eigenvalue weighted by Gasteiger charge is 2.51. The second-order valence-corrected chi connectivity index (χ2v) is 20.4. The highest BCUT2D eigenvalue weighted by molar-refractivity contribution is 5.76. The maximum Gasteiger partial charge on any atom is 0.220 e. The van der Waals surface area contributed by atoms with E-state index in [1.54, 1.807) is 0 Å². The molecule has 0 aliphatic carbocycles. The number of carbonyl (C=O) groups excluding carboxylic acids is 1. The fraction of sp³-hybridized carbons (Fsp3) is 0.877. The average Bonchev–Trinajstić information content (AvgIpc) is 3.37. The van der Waals surface area contributed by atoms with Crippen molar-refractivity contribution in [1.29, 1.82) is 0 Å². The molecule has 0 aromatic carbocycles. The third kappa shape index (κ3) is 29.8. The van der Waals surface area contributed by atoms with Crippen LogP contribution in [-0.2, 0) is 23.7 Å². The summed E-state index contributed by atoms with van der Waals surface area (Å²) in [7, 11) is 0. The van der Waals surface area contributed by atoms with Crippen molar-refractivity contribution in [3.63, 3.8) is 0 Å². The van der Waals surface area contributed by atoms with E-state index in [-0.39, 0.29) is 12.5 Å². The number of ether oxygens (including phenoxy) is 4. The van der Waals surface area contributed by atoms with Crippen molar-refractivity contribution in [3.05, 3.63) is 36.5 Å². The topological polar surface area (TPSA) is 228 Å². The molecule has 12 atom stereocenters. The third-order valence-corrected chi connectivity index (χ3v) is 14.1. The summed E-state index contributed by atoms with van der Waals surface area (Å²) in [5, 5.41) is 87.2. The number of aliphatic hydroxyl groups is 8. The fourth-order valence-corrected chi connectivity index (χ4v) is 9.49. The van der Waals surface area contributed by atoms with Crippen LogP contribution in [0.2, 0.25) is 0 Å². The summed E-state index contributed by atoms with van der Waals surface area (Å²) in [6, 6.07) is -0.834. The highest BCUT2D eigenvalue weighted by Crippen LogP contribution is 2.30. The minimum atomic E-state index is -1.78. The van der Waals surface area contributed by atoms with Gasteiger partial charge in [0.15, 0.2) is 12.6 Å². The van der Waals surface area contributed by atoms with Crippen LogP contribution in [0.3, 0.4) is 0 Å². The first-order valence-corrected chi connectivity index (χ1v) is 28.7. The Balaban J connectivity index is 1.78. The lowest BCUT2D eigenvalue weighted by atomic mass is 9.97. The number of aliphatic hydroxyl groups excluding tert-OH is 8. The first-order valence-electron chi connectivity index (χ1n) is 28.7. The minimum absolute atomic E-state index is 0.216. The second-order valence-electron chi connectivity index (χ2n) is 20.4. The molecule has 12 unspecified atom stereocenters. The van der Waals surface area contributed by atoms with Gasteiger partial charge in [-0.2, -0.15) is 0 Å². The summed E-state index contributed by atoms with van der Waals surface area (Å²) >= 11 is 0. The largest absolute Gasteiger partial charge is 0.394 e. The van der Waals surface area contributed by atoms with Gasteiger partial charge in [-0.3, -0.25) is 4.79 Å². The summed E-state index contributed by atoms with van der Waals surface area (Å²) in [6.07, 6.45) is 34.2. The number of carbonyl (C=O) groups is 1. The molecule has 2 aliphatic rings. The van der Waals surface area contributed by atoms with Gasteiger partial charge in [0.25, 0.3) is 0 Å². The Labute approximate surface area is 430 Å². The average molecular weight is 1010 g/mol. The van der Waals surface area contributed by atoms with E-state index in [2.05, 4.69) is 55.6 Å². The molecular weight excluding hydrogens is 907 g/mol. The van der Waals surface area contributed by atoms with Crippen LogP contribution in [0.4, 0.5) is 0 Å². The molecule has 0 saturated carbocycles. The molecule has 2 saturated heterocycles. The molecule has 14 nitrogen and oxygen atoms in total. The van der Waals surface area contributed by atoms with Crippen LogP contribution in [0.5, 0.6) is 0 Å². The Bertz CT molecular complexity index is 1330. The van der Waals surface area contributed by atoms with Gasteiger partial charge in [0.05, 0.1) is 32.0 Å². The highest BCUT2D eigenvalue weighted by atomic mass is 16.7. The molecule has 2 fully saturated rings. The van der Waals surface area contributed by atoms with Crippen molar-refractivity contribution < 1.29 is 64.6 Å². The van der Waals surface area contributed by atoms with Gasteiger partial charge in [0, 0.05) is 6.42 Å². The van der Waals surface area contributed by atoms with E-state index >= 15 is 0 Å². The van der Waals surface area contributed by atoms with E-state index in [4.69, 9.17) is 18.9 Å². The third-order valence-electron chi connectivity index (χ3n) is 14.1. The standard InChI is InChI=1S/C57H105NO13/c1-3-5-7-9-11-13-15-17-19-21-22-23-25-26-28-30-32-34-36-38-40-46(61)45(58-49(62)41-39-37-35-33-31-29-27-24-20-18-16-14-12-10-8-6-4-2)44-68-56-54(67)52(65)55(48(43-60)70-56)71-57-53(66)51(64)50(63)47(42-59)69-57/h6,8,12,14,18,20,45-48,50-57,59-61,63-67H,3-5,7,9-11,13,15-17,19,21-44H2,1-2H3,(H,58,62)/b8-6-,14-12-,20-18-. The number of unbranched alkanes of at least 4 members (excludes halogenated alkanes) is 26. The maximum atomic E-state index is 13.2. The monoisotopic (exact) mass is 1010 g/mol. The molecule has 2 heterocycles. The maximum absolute atomic E-state index is 13.2. The molecule has 0 bridgehead atoms. The van der Waals surface area contributed by atoms with Gasteiger partial charge in [-0.1, -0.05) is 211 Å². The van der Waals surface area contributed by atoms with Gasteiger partial charge in [-0.15, -0.1) is 0 Å². The van der Waals surface area contributed by atoms with Crippen LogP contribution in [0.1, 0.15) is 226 Å². The molecule has 0 aromatic heterocycles. The Morgan fingerprint density at radius 1 is 0.521 bits per heavy atom. The second kappa shape index (κ2) is 43.4. The Kier molecular flexibility index (Phi) is 40.0. The number of hydrogen-bond donors (Lipinski definition) is 9. The zero-order valence-corrected chi connectivity index (χ0v) is 44.5. The zero-order valence-electron chi connectivity index (χ0n) is 44.5. The number of allylic oxidation sites excluding steroid dienone is 6. The minimum Gasteiger partial charge on any atom is -0.394 e. The molecule has 0 spiro atoms. The first-order chi connectivity index (χ1) is 34.6. The van der Waals surface area contributed by atoms with Crippen molar-refractivity contribution in [3.8, 4) is 0 Å². The van der Waals surface area contributed by atoms with E-state index in [0.29, 0.717) is 19.3 Å². The van der Waals surface area contributed by atoms with Gasteiger partial charge >= 0.3 is 0 Å². The Morgan fingerprint density at radius 3 is 1.49 bits per heavy atom. The summed E-state index contributed by atoms with van der Waals surface area (Å²) in [5.74, 6) is -0.216. The van der Waals surface area contributed by atoms with Gasteiger partial charge < -0.3 is 65.1 Å². The first kappa shape index (κ1) is 65.3. The normalized spacial score (nSPS) is 26.0. The SMILES string of the molecule is CC/C=C\C/C=C\C/C=C\CCCCCCCCCC(=O)NC(COC1OC(CO)C(OC2OC(CO)C(O)C(O)C2O)C(O)C1O)C(O)CCCCCCCCCCCCCCCCCCCCCC. The van der Waals surface area contributed by atoms with E-state index < -0.39 is 86.8 Å². The lowest BCUT2D eigenvalue weighted by molar-refractivity contribution is -0.359. The van der Waals surface area contributed by atoms with E-state index in [1.165, 1.54) is 116 Å². The van der Waals surface area contributed by atoms with Crippen molar-refractivity contribution in [1.82, 2.24) is 5.32 Å². The van der Waals surface area contributed by atoms with Gasteiger partial charge in [-0.25, -0.2) is 0 Å². The molecule has 2 rings (SSSR count). The fourth-order valence-electron chi connectivity index (χ4n) is 9.49. The molecule has 2 aliphatic heterocycles. The van der Waals surface area contributed by atoms with Crippen molar-refractivity contribution in [2.75, 3.05) is 19.8 Å². The smallest absolute Gasteiger partial charge is 0.220 e. The number of amides is 1. The zero-order chi connectivity index (χ0) is 51.7. The molecule has 0 aromatic rings. The summed E-state index contributed by atoms with van der Waals surface area (Å²) in [6.45, 7) is 2.75. The van der Waals surface area contributed by atoms with Crippen molar-refractivity contribution >= 4 is 5.91 Å². The van der Waals surface area contributed by atoms with Crippen LogP contribution < -0.4 is 5.32 Å².